The summed E-state index contributed by atoms with van der Waals surface area (Å²) in [5, 5.41) is 0. The maximum Gasteiger partial charge on any atom is 0.258 e. The van der Waals surface area contributed by atoms with Crippen molar-refractivity contribution < 1.29 is 14.0 Å². The van der Waals surface area contributed by atoms with Crippen molar-refractivity contribution in [3.8, 4) is 11.1 Å². The number of amides is 2. The molecule has 2 aromatic rings. The van der Waals surface area contributed by atoms with Gasteiger partial charge in [0.1, 0.15) is 5.82 Å². The summed E-state index contributed by atoms with van der Waals surface area (Å²) in [6.45, 7) is 4.38. The molecule has 0 atom stereocenters. The Hall–Kier alpha value is -3.00. The van der Waals surface area contributed by atoms with Crippen LogP contribution in [0.5, 0.6) is 0 Å². The van der Waals surface area contributed by atoms with E-state index >= 15 is 0 Å². The van der Waals surface area contributed by atoms with Crippen LogP contribution in [0.1, 0.15) is 43.4 Å². The van der Waals surface area contributed by atoms with E-state index in [1.54, 1.807) is 31.1 Å². The molecule has 0 saturated carbocycles. The summed E-state index contributed by atoms with van der Waals surface area (Å²) >= 11 is 0. The summed E-state index contributed by atoms with van der Waals surface area (Å²) in [5.41, 5.74) is 2.77. The fourth-order valence-electron chi connectivity index (χ4n) is 5.05. The third-order valence-electron chi connectivity index (χ3n) is 7.10. The highest BCUT2D eigenvalue weighted by Crippen LogP contribution is 2.25. The van der Waals surface area contributed by atoms with E-state index in [0.29, 0.717) is 37.2 Å². The number of carbonyl (C=O) groups excluding carboxylic acids is 2. The Morgan fingerprint density at radius 3 is 2.49 bits per heavy atom. The van der Waals surface area contributed by atoms with Gasteiger partial charge in [-0.2, -0.15) is 0 Å². The van der Waals surface area contributed by atoms with Gasteiger partial charge in [0, 0.05) is 70.8 Å². The first-order valence-electron chi connectivity index (χ1n) is 12.6. The quantitative estimate of drug-likeness (QED) is 0.609. The summed E-state index contributed by atoms with van der Waals surface area (Å²) in [6.07, 6.45) is 4.55. The van der Waals surface area contributed by atoms with Gasteiger partial charge < -0.3 is 19.3 Å². The van der Waals surface area contributed by atoms with E-state index in [1.165, 1.54) is 36.3 Å². The van der Waals surface area contributed by atoms with Gasteiger partial charge >= 0.3 is 0 Å². The average molecular weight is 483 g/mol. The molecule has 0 radical (unpaired) electrons. The van der Waals surface area contributed by atoms with Crippen molar-refractivity contribution in [3.63, 3.8) is 0 Å². The SMILES string of the molecule is CN(C)C(=O)CCC(=O)N1CCc2c(cc(-c3cccc(F)c3)c(=O)n2CCN2CCCCC2)C1. The standard InChI is InChI=1S/C27H35FN4O3/c1-29(2)25(33)9-10-26(34)31-14-11-24-21(19-31)18-23(20-7-6-8-22(28)17-20)27(35)32(24)16-15-30-12-4-3-5-13-30/h6-8,17-18H,3-5,9-16,19H2,1-2H3. The number of piperidine rings is 1. The lowest BCUT2D eigenvalue weighted by molar-refractivity contribution is -0.136. The smallest absolute Gasteiger partial charge is 0.258 e. The van der Waals surface area contributed by atoms with E-state index in [2.05, 4.69) is 4.90 Å². The lowest BCUT2D eigenvalue weighted by Crippen LogP contribution is -2.41. The van der Waals surface area contributed by atoms with Gasteiger partial charge in [-0.3, -0.25) is 14.4 Å². The summed E-state index contributed by atoms with van der Waals surface area (Å²) in [4.78, 5) is 44.0. The highest BCUT2D eigenvalue weighted by atomic mass is 19.1. The zero-order valence-corrected chi connectivity index (χ0v) is 20.8. The number of likely N-dealkylation sites (tertiary alicyclic amines) is 1. The molecular formula is C27H35FN4O3. The fourth-order valence-corrected chi connectivity index (χ4v) is 5.05. The minimum Gasteiger partial charge on any atom is -0.349 e. The topological polar surface area (TPSA) is 65.9 Å². The summed E-state index contributed by atoms with van der Waals surface area (Å²) < 4.78 is 15.8. The van der Waals surface area contributed by atoms with Crippen LogP contribution in [0.25, 0.3) is 11.1 Å². The predicted molar refractivity (Wildman–Crippen MR) is 133 cm³/mol. The molecule has 0 bridgehead atoms. The molecule has 0 aliphatic carbocycles. The number of fused-ring (bicyclic) bond motifs is 1. The van der Waals surface area contributed by atoms with Gasteiger partial charge in [-0.25, -0.2) is 4.39 Å². The molecule has 8 heteroatoms. The average Bonchev–Trinajstić information content (AvgIpc) is 2.86. The highest BCUT2D eigenvalue weighted by molar-refractivity contribution is 5.83. The number of pyridine rings is 1. The lowest BCUT2D eigenvalue weighted by atomic mass is 9.98. The van der Waals surface area contributed by atoms with Crippen molar-refractivity contribution in [1.82, 2.24) is 19.3 Å². The molecule has 188 valence electrons. The van der Waals surface area contributed by atoms with Gasteiger partial charge in [0.2, 0.25) is 11.8 Å². The molecule has 1 aromatic heterocycles. The number of carbonyl (C=O) groups is 2. The first-order valence-corrected chi connectivity index (χ1v) is 12.6. The second-order valence-electron chi connectivity index (χ2n) is 9.75. The van der Waals surface area contributed by atoms with E-state index < -0.39 is 0 Å². The molecule has 2 aliphatic rings. The molecule has 3 heterocycles. The van der Waals surface area contributed by atoms with Gasteiger partial charge in [0.15, 0.2) is 0 Å². The Morgan fingerprint density at radius 2 is 1.77 bits per heavy atom. The zero-order chi connectivity index (χ0) is 24.9. The molecule has 0 spiro atoms. The second kappa shape index (κ2) is 11.2. The molecule has 2 amide bonds. The molecule has 1 fully saturated rings. The Labute approximate surface area is 206 Å². The summed E-state index contributed by atoms with van der Waals surface area (Å²) in [5.74, 6) is -0.526. The van der Waals surface area contributed by atoms with Crippen molar-refractivity contribution in [1.29, 1.82) is 0 Å². The molecule has 1 aromatic carbocycles. The molecule has 0 unspecified atom stereocenters. The van der Waals surface area contributed by atoms with Crippen LogP contribution in [0.15, 0.2) is 35.1 Å². The van der Waals surface area contributed by atoms with Gasteiger partial charge in [-0.05, 0) is 55.3 Å². The predicted octanol–water partition coefficient (Wildman–Crippen LogP) is 2.89. The van der Waals surface area contributed by atoms with Crippen LogP contribution in [0.2, 0.25) is 0 Å². The number of aromatic nitrogens is 1. The number of benzene rings is 1. The first-order chi connectivity index (χ1) is 16.8. The third-order valence-corrected chi connectivity index (χ3v) is 7.10. The van der Waals surface area contributed by atoms with Crippen molar-refractivity contribution >= 4 is 11.8 Å². The largest absolute Gasteiger partial charge is 0.349 e. The van der Waals surface area contributed by atoms with Crippen LogP contribution in [0.3, 0.4) is 0 Å². The van der Waals surface area contributed by atoms with Crippen LogP contribution in [-0.4, -0.2) is 71.4 Å². The van der Waals surface area contributed by atoms with Crippen LogP contribution in [0, 0.1) is 5.82 Å². The van der Waals surface area contributed by atoms with Crippen LogP contribution in [-0.2, 0) is 29.1 Å². The van der Waals surface area contributed by atoms with Gasteiger partial charge in [0.25, 0.3) is 5.56 Å². The fraction of sp³-hybridized carbons (Fsp3) is 0.519. The maximum absolute atomic E-state index is 14.0. The third kappa shape index (κ3) is 5.99. The highest BCUT2D eigenvalue weighted by Gasteiger charge is 2.26. The molecule has 2 aliphatic heterocycles. The minimum absolute atomic E-state index is 0.0655. The molecule has 1 saturated heterocycles. The van der Waals surface area contributed by atoms with Gasteiger partial charge in [0.05, 0.1) is 0 Å². The number of hydrogen-bond donors (Lipinski definition) is 0. The Bertz CT molecular complexity index is 1140. The normalized spacial score (nSPS) is 16.1. The lowest BCUT2D eigenvalue weighted by Gasteiger charge is -2.32. The van der Waals surface area contributed by atoms with Crippen molar-refractivity contribution in [3.05, 3.63) is 57.8 Å². The van der Waals surface area contributed by atoms with E-state index in [0.717, 1.165) is 30.9 Å². The van der Waals surface area contributed by atoms with Crippen molar-refractivity contribution in [2.24, 2.45) is 0 Å². The molecular weight excluding hydrogens is 447 g/mol. The number of halogens is 1. The van der Waals surface area contributed by atoms with Crippen molar-refractivity contribution in [2.45, 2.75) is 51.6 Å². The first kappa shape index (κ1) is 25.1. The van der Waals surface area contributed by atoms with Crippen LogP contribution >= 0.6 is 0 Å². The van der Waals surface area contributed by atoms with Crippen LogP contribution < -0.4 is 5.56 Å². The summed E-state index contributed by atoms with van der Waals surface area (Å²) in [7, 11) is 3.36. The van der Waals surface area contributed by atoms with E-state index in [4.69, 9.17) is 0 Å². The number of hydrogen-bond acceptors (Lipinski definition) is 4. The molecule has 4 rings (SSSR count). The number of rotatable bonds is 7. The second-order valence-corrected chi connectivity index (χ2v) is 9.75. The molecule has 35 heavy (non-hydrogen) atoms. The maximum atomic E-state index is 14.0. The number of nitrogens with zero attached hydrogens (tertiary/aromatic N) is 4. The van der Waals surface area contributed by atoms with E-state index in [1.807, 2.05) is 10.6 Å². The Balaban J connectivity index is 1.61. The van der Waals surface area contributed by atoms with Crippen molar-refractivity contribution in [2.75, 3.05) is 40.3 Å². The van der Waals surface area contributed by atoms with E-state index in [-0.39, 0.29) is 36.0 Å². The molecule has 0 N–H and O–H groups in total. The van der Waals surface area contributed by atoms with Crippen LogP contribution in [0.4, 0.5) is 4.39 Å². The van der Waals surface area contributed by atoms with E-state index in [9.17, 15) is 18.8 Å². The molecule has 7 nitrogen and oxygen atoms in total. The Kier molecular flexibility index (Phi) is 8.00. The zero-order valence-electron chi connectivity index (χ0n) is 20.8. The van der Waals surface area contributed by atoms with Gasteiger partial charge in [-0.1, -0.05) is 18.6 Å². The van der Waals surface area contributed by atoms with Gasteiger partial charge in [-0.15, -0.1) is 0 Å². The monoisotopic (exact) mass is 482 g/mol. The summed E-state index contributed by atoms with van der Waals surface area (Å²) in [6, 6.07) is 7.94. The minimum atomic E-state index is -0.387. The Morgan fingerprint density at radius 1 is 1.00 bits per heavy atom.